The van der Waals surface area contributed by atoms with Gasteiger partial charge in [-0.1, -0.05) is 19.1 Å². The van der Waals surface area contributed by atoms with E-state index in [1.54, 1.807) is 23.1 Å². The molecule has 0 aliphatic carbocycles. The number of aryl methyl sites for hydroxylation is 1. The van der Waals surface area contributed by atoms with Gasteiger partial charge < -0.3 is 0 Å². The van der Waals surface area contributed by atoms with E-state index in [0.717, 1.165) is 19.4 Å². The number of hydrogen-bond donors (Lipinski definition) is 0. The molecule has 0 aliphatic rings. The summed E-state index contributed by atoms with van der Waals surface area (Å²) in [5.74, 6) is 1.70. The summed E-state index contributed by atoms with van der Waals surface area (Å²) in [4.78, 5) is 14.6. The van der Waals surface area contributed by atoms with E-state index in [1.807, 2.05) is 0 Å². The molecule has 21 heavy (non-hydrogen) atoms. The minimum absolute atomic E-state index is 0.0413. The third kappa shape index (κ3) is 4.26. The van der Waals surface area contributed by atoms with Crippen LogP contribution < -0.4 is 0 Å². The van der Waals surface area contributed by atoms with Crippen molar-refractivity contribution < 1.29 is 4.92 Å². The maximum atomic E-state index is 10.8. The molecular weight excluding hydrogens is 292 g/mol. The van der Waals surface area contributed by atoms with Crippen molar-refractivity contribution in [2.75, 3.05) is 5.88 Å². The Kier molecular flexibility index (Phi) is 5.27. The molecule has 1 heterocycles. The minimum atomic E-state index is -0.422. The fourth-order valence-electron chi connectivity index (χ4n) is 1.98. The number of hydrogen-bond acceptors (Lipinski definition) is 4. The quantitative estimate of drug-likeness (QED) is 0.445. The lowest BCUT2D eigenvalue weighted by molar-refractivity contribution is -0.384. The van der Waals surface area contributed by atoms with Crippen LogP contribution in [0.15, 0.2) is 30.6 Å². The first-order chi connectivity index (χ1) is 10.1. The molecule has 0 amide bonds. The zero-order valence-corrected chi connectivity index (χ0v) is 12.5. The van der Waals surface area contributed by atoms with Gasteiger partial charge in [-0.05, 0) is 18.8 Å². The molecule has 1 aromatic carbocycles. The molecule has 7 heteroatoms. The normalized spacial score (nSPS) is 12.3. The van der Waals surface area contributed by atoms with E-state index < -0.39 is 4.92 Å². The number of alkyl halides is 1. The van der Waals surface area contributed by atoms with E-state index >= 15 is 0 Å². The van der Waals surface area contributed by atoms with E-state index in [1.165, 1.54) is 12.1 Å². The Morgan fingerprint density at radius 3 is 2.95 bits per heavy atom. The largest absolute Gasteiger partial charge is 0.270 e. The van der Waals surface area contributed by atoms with Gasteiger partial charge in [0, 0.05) is 30.1 Å². The second-order valence-corrected chi connectivity index (χ2v) is 5.39. The highest BCUT2D eigenvalue weighted by atomic mass is 35.5. The maximum absolute atomic E-state index is 10.8. The topological polar surface area (TPSA) is 73.8 Å². The van der Waals surface area contributed by atoms with Crippen LogP contribution >= 0.6 is 11.6 Å². The fraction of sp³-hybridized carbons (Fsp3) is 0.429. The zero-order chi connectivity index (χ0) is 15.2. The molecule has 1 atom stereocenters. The number of aromatic nitrogens is 3. The summed E-state index contributed by atoms with van der Waals surface area (Å²) in [5, 5.41) is 15.1. The average Bonchev–Trinajstić information content (AvgIpc) is 2.94. The Balaban J connectivity index is 2.06. The highest BCUT2D eigenvalue weighted by Crippen LogP contribution is 2.20. The van der Waals surface area contributed by atoms with Crippen molar-refractivity contribution in [2.45, 2.75) is 26.3 Å². The van der Waals surface area contributed by atoms with E-state index in [4.69, 9.17) is 11.6 Å². The van der Waals surface area contributed by atoms with Crippen LogP contribution in [0.25, 0.3) is 11.4 Å². The predicted molar refractivity (Wildman–Crippen MR) is 81.2 cm³/mol. The molecule has 0 bridgehead atoms. The van der Waals surface area contributed by atoms with Crippen LogP contribution in [0.5, 0.6) is 0 Å². The molecule has 1 aromatic heterocycles. The zero-order valence-electron chi connectivity index (χ0n) is 11.8. The molecule has 2 rings (SSSR count). The number of nitro groups is 1. The third-order valence-electron chi connectivity index (χ3n) is 3.30. The van der Waals surface area contributed by atoms with E-state index in [-0.39, 0.29) is 5.69 Å². The lowest BCUT2D eigenvalue weighted by Crippen LogP contribution is -2.05. The summed E-state index contributed by atoms with van der Waals surface area (Å²) in [6, 6.07) is 6.34. The smallest absolute Gasteiger partial charge is 0.258 e. The van der Waals surface area contributed by atoms with Crippen molar-refractivity contribution in [3.05, 3.63) is 40.7 Å². The summed E-state index contributed by atoms with van der Waals surface area (Å²) in [6.07, 6.45) is 3.61. The molecule has 112 valence electrons. The van der Waals surface area contributed by atoms with Gasteiger partial charge in [-0.15, -0.1) is 11.6 Å². The van der Waals surface area contributed by atoms with Crippen molar-refractivity contribution >= 4 is 17.3 Å². The minimum Gasteiger partial charge on any atom is -0.258 e. The van der Waals surface area contributed by atoms with Crippen LogP contribution in [0.3, 0.4) is 0 Å². The molecule has 0 fully saturated rings. The molecule has 2 aromatic rings. The second kappa shape index (κ2) is 7.17. The number of nitro benzene ring substituents is 1. The monoisotopic (exact) mass is 308 g/mol. The molecule has 0 saturated heterocycles. The van der Waals surface area contributed by atoms with Gasteiger partial charge in [-0.3, -0.25) is 14.8 Å². The molecule has 0 radical (unpaired) electrons. The Hall–Kier alpha value is -1.95. The lowest BCUT2D eigenvalue weighted by atomic mass is 10.1. The Morgan fingerprint density at radius 1 is 1.43 bits per heavy atom. The fourth-order valence-corrected chi connectivity index (χ4v) is 2.35. The second-order valence-electron chi connectivity index (χ2n) is 5.01. The van der Waals surface area contributed by atoms with Gasteiger partial charge in [-0.2, -0.15) is 5.10 Å². The van der Waals surface area contributed by atoms with Crippen molar-refractivity contribution in [1.82, 2.24) is 14.8 Å². The van der Waals surface area contributed by atoms with Crippen LogP contribution in [0.2, 0.25) is 0 Å². The van der Waals surface area contributed by atoms with Crippen LogP contribution in [-0.2, 0) is 6.54 Å². The summed E-state index contributed by atoms with van der Waals surface area (Å²) >= 11 is 5.71. The van der Waals surface area contributed by atoms with Gasteiger partial charge >= 0.3 is 0 Å². The van der Waals surface area contributed by atoms with Crippen molar-refractivity contribution in [1.29, 1.82) is 0 Å². The highest BCUT2D eigenvalue weighted by Gasteiger charge is 2.10. The van der Waals surface area contributed by atoms with Crippen LogP contribution in [0, 0.1) is 16.0 Å². The first-order valence-corrected chi connectivity index (χ1v) is 7.34. The number of rotatable bonds is 7. The Labute approximate surface area is 127 Å². The average molecular weight is 309 g/mol. The maximum Gasteiger partial charge on any atom is 0.270 e. The summed E-state index contributed by atoms with van der Waals surface area (Å²) in [7, 11) is 0. The summed E-state index contributed by atoms with van der Waals surface area (Å²) in [6.45, 7) is 2.92. The summed E-state index contributed by atoms with van der Waals surface area (Å²) in [5.41, 5.74) is 0.691. The number of halogens is 1. The first kappa shape index (κ1) is 15.4. The molecule has 0 aliphatic heterocycles. The number of non-ortho nitro benzene ring substituents is 1. The molecule has 0 N–H and O–H groups in total. The van der Waals surface area contributed by atoms with Gasteiger partial charge in [0.1, 0.15) is 6.33 Å². The van der Waals surface area contributed by atoms with Crippen LogP contribution in [-0.4, -0.2) is 25.6 Å². The SMILES string of the molecule is CC(CCCl)CCn1cnc(-c2cccc([N+](=O)[O-])c2)n1. The van der Waals surface area contributed by atoms with E-state index in [0.29, 0.717) is 23.2 Å². The molecule has 6 nitrogen and oxygen atoms in total. The molecular formula is C14H17ClN4O2. The van der Waals surface area contributed by atoms with Crippen molar-refractivity contribution in [2.24, 2.45) is 5.92 Å². The number of nitrogens with zero attached hydrogens (tertiary/aromatic N) is 4. The van der Waals surface area contributed by atoms with Crippen molar-refractivity contribution in [3.63, 3.8) is 0 Å². The van der Waals surface area contributed by atoms with Crippen LogP contribution in [0.1, 0.15) is 19.8 Å². The van der Waals surface area contributed by atoms with Gasteiger partial charge in [-0.25, -0.2) is 4.98 Å². The lowest BCUT2D eigenvalue weighted by Gasteiger charge is -2.08. The third-order valence-corrected chi connectivity index (χ3v) is 3.52. The molecule has 0 spiro atoms. The predicted octanol–water partition coefficient (Wildman–Crippen LogP) is 3.51. The van der Waals surface area contributed by atoms with E-state index in [9.17, 15) is 10.1 Å². The molecule has 0 saturated carbocycles. The van der Waals surface area contributed by atoms with Gasteiger partial charge in [0.25, 0.3) is 5.69 Å². The standard InChI is InChI=1S/C14H17ClN4O2/c1-11(5-7-15)6-8-18-10-16-14(17-18)12-3-2-4-13(9-12)19(20)21/h2-4,9-11H,5-8H2,1H3. The molecule has 1 unspecified atom stereocenters. The van der Waals surface area contributed by atoms with Gasteiger partial charge in [0.15, 0.2) is 5.82 Å². The first-order valence-electron chi connectivity index (χ1n) is 6.80. The van der Waals surface area contributed by atoms with Gasteiger partial charge in [0.05, 0.1) is 4.92 Å². The van der Waals surface area contributed by atoms with Gasteiger partial charge in [0.2, 0.25) is 0 Å². The Morgan fingerprint density at radius 2 is 2.24 bits per heavy atom. The number of benzene rings is 1. The Bertz CT molecular complexity index is 615. The van der Waals surface area contributed by atoms with E-state index in [2.05, 4.69) is 17.0 Å². The van der Waals surface area contributed by atoms with Crippen LogP contribution in [0.4, 0.5) is 5.69 Å². The highest BCUT2D eigenvalue weighted by molar-refractivity contribution is 6.17. The van der Waals surface area contributed by atoms with Crippen molar-refractivity contribution in [3.8, 4) is 11.4 Å². The summed E-state index contributed by atoms with van der Waals surface area (Å²) < 4.78 is 1.76.